The number of fused-ring (bicyclic) bond motifs is 3. The van der Waals surface area contributed by atoms with Gasteiger partial charge in [-0.2, -0.15) is 0 Å². The fourth-order valence-corrected chi connectivity index (χ4v) is 4.54. The molecule has 0 aliphatic carbocycles. The van der Waals surface area contributed by atoms with E-state index < -0.39 is 29.2 Å². The van der Waals surface area contributed by atoms with Crippen LogP contribution in [0.5, 0.6) is 5.75 Å². The molecule has 1 N–H and O–H groups in total. The lowest BCUT2D eigenvalue weighted by Gasteiger charge is -2.33. The van der Waals surface area contributed by atoms with Gasteiger partial charge in [-0.3, -0.25) is 10.1 Å². The molecule has 0 radical (unpaired) electrons. The second kappa shape index (κ2) is 7.48. The van der Waals surface area contributed by atoms with E-state index in [1.165, 1.54) is 31.4 Å². The maximum Gasteiger partial charge on any atom is 0.331 e. The van der Waals surface area contributed by atoms with E-state index in [4.69, 9.17) is 14.2 Å². The van der Waals surface area contributed by atoms with Crippen molar-refractivity contribution in [2.75, 3.05) is 20.3 Å². The number of benzene rings is 2. The molecule has 6 nitrogen and oxygen atoms in total. The van der Waals surface area contributed by atoms with E-state index in [1.54, 1.807) is 6.92 Å². The molecule has 0 aromatic heterocycles. The minimum Gasteiger partial charge on any atom is -0.493 e. The zero-order valence-electron chi connectivity index (χ0n) is 16.2. The van der Waals surface area contributed by atoms with Gasteiger partial charge in [0.05, 0.1) is 26.2 Å². The third-order valence-corrected chi connectivity index (χ3v) is 5.74. The van der Waals surface area contributed by atoms with E-state index in [9.17, 15) is 14.0 Å². The molecular formula is C22H22FNO5. The molecule has 2 aliphatic rings. The Labute approximate surface area is 168 Å². The van der Waals surface area contributed by atoms with Crippen LogP contribution in [0.4, 0.5) is 4.39 Å². The van der Waals surface area contributed by atoms with Crippen molar-refractivity contribution in [2.45, 2.75) is 18.5 Å². The lowest BCUT2D eigenvalue weighted by Crippen LogP contribution is -2.53. The summed E-state index contributed by atoms with van der Waals surface area (Å²) in [5.74, 6) is -2.17. The molecule has 152 valence electrons. The van der Waals surface area contributed by atoms with E-state index in [0.717, 1.165) is 5.56 Å². The van der Waals surface area contributed by atoms with Gasteiger partial charge >= 0.3 is 11.9 Å². The standard InChI is InChI=1S/C22H22FNO5/c1-3-28-20(25)18-16-12-29-17-7-5-4-6-15(17)19(16)24-22(18,21(26)27-2)13-8-10-14(23)11-9-13/h4-11,16,18-19,24H,3,12H2,1-2H3/t16-,18+,19+,22+/m0/s1. The molecule has 2 aliphatic heterocycles. The SMILES string of the molecule is CCOC(=O)[C@H]1[C@@H]2COc3ccccc3[C@H]2N[C@]1(C(=O)OC)c1ccc(F)cc1. The Morgan fingerprint density at radius 3 is 2.62 bits per heavy atom. The molecule has 2 heterocycles. The highest BCUT2D eigenvalue weighted by Crippen LogP contribution is 2.52. The van der Waals surface area contributed by atoms with Gasteiger partial charge in [0.25, 0.3) is 0 Å². The molecule has 0 amide bonds. The predicted octanol–water partition coefficient (Wildman–Crippen LogP) is 2.73. The maximum absolute atomic E-state index is 13.6. The van der Waals surface area contributed by atoms with Crippen LogP contribution in [-0.2, 0) is 24.6 Å². The van der Waals surface area contributed by atoms with Crippen LogP contribution in [0, 0.1) is 17.7 Å². The third kappa shape index (κ3) is 2.97. The average Bonchev–Trinajstić information content (AvgIpc) is 3.10. The highest BCUT2D eigenvalue weighted by molar-refractivity contribution is 5.91. The van der Waals surface area contributed by atoms with E-state index >= 15 is 0 Å². The zero-order chi connectivity index (χ0) is 20.6. The number of methoxy groups -OCH3 is 1. The van der Waals surface area contributed by atoms with Crippen molar-refractivity contribution in [1.29, 1.82) is 0 Å². The summed E-state index contributed by atoms with van der Waals surface area (Å²) in [5.41, 5.74) is -0.230. The van der Waals surface area contributed by atoms with Crippen molar-refractivity contribution in [3.63, 3.8) is 0 Å². The smallest absolute Gasteiger partial charge is 0.331 e. The van der Waals surface area contributed by atoms with E-state index in [0.29, 0.717) is 11.3 Å². The third-order valence-electron chi connectivity index (χ3n) is 5.74. The molecule has 2 aromatic rings. The maximum atomic E-state index is 13.6. The predicted molar refractivity (Wildman–Crippen MR) is 102 cm³/mol. The fraction of sp³-hybridized carbons (Fsp3) is 0.364. The summed E-state index contributed by atoms with van der Waals surface area (Å²) in [4.78, 5) is 26.3. The van der Waals surface area contributed by atoms with E-state index in [-0.39, 0.29) is 25.2 Å². The summed E-state index contributed by atoms with van der Waals surface area (Å²) in [6.45, 7) is 2.12. The van der Waals surface area contributed by atoms with Crippen LogP contribution in [0.25, 0.3) is 0 Å². The molecule has 0 unspecified atom stereocenters. The van der Waals surface area contributed by atoms with Crippen molar-refractivity contribution >= 4 is 11.9 Å². The van der Waals surface area contributed by atoms with Crippen LogP contribution in [0.2, 0.25) is 0 Å². The number of carbonyl (C=O) groups excluding carboxylic acids is 2. The van der Waals surface area contributed by atoms with Gasteiger partial charge in [-0.05, 0) is 30.7 Å². The Balaban J connectivity index is 1.91. The zero-order valence-corrected chi connectivity index (χ0v) is 16.2. The van der Waals surface area contributed by atoms with E-state index in [1.807, 2.05) is 24.3 Å². The molecule has 29 heavy (non-hydrogen) atoms. The number of nitrogens with one attached hydrogen (secondary N) is 1. The first-order valence-corrected chi connectivity index (χ1v) is 9.53. The lowest BCUT2D eigenvalue weighted by molar-refractivity contribution is -0.162. The van der Waals surface area contributed by atoms with Gasteiger partial charge in [-0.25, -0.2) is 9.18 Å². The normalized spacial score (nSPS) is 27.3. The van der Waals surface area contributed by atoms with Crippen molar-refractivity contribution in [1.82, 2.24) is 5.32 Å². The summed E-state index contributed by atoms with van der Waals surface area (Å²) >= 11 is 0. The number of esters is 2. The highest BCUT2D eigenvalue weighted by atomic mass is 19.1. The molecule has 0 bridgehead atoms. The fourth-order valence-electron chi connectivity index (χ4n) is 4.54. The van der Waals surface area contributed by atoms with Gasteiger partial charge in [-0.15, -0.1) is 0 Å². The first-order valence-electron chi connectivity index (χ1n) is 9.53. The van der Waals surface area contributed by atoms with Gasteiger partial charge in [-0.1, -0.05) is 30.3 Å². The van der Waals surface area contributed by atoms with Crippen LogP contribution in [0.15, 0.2) is 48.5 Å². The lowest BCUT2D eigenvalue weighted by atomic mass is 9.74. The minimum absolute atomic E-state index is 0.171. The Kier molecular flexibility index (Phi) is 5.00. The number of carbonyl (C=O) groups is 2. The second-order valence-corrected chi connectivity index (χ2v) is 7.17. The summed E-state index contributed by atoms with van der Waals surface area (Å²) in [5, 5.41) is 3.36. The van der Waals surface area contributed by atoms with Gasteiger partial charge in [0.1, 0.15) is 11.6 Å². The summed E-state index contributed by atoms with van der Waals surface area (Å²) in [7, 11) is 1.27. The number of rotatable bonds is 4. The first kappa shape index (κ1) is 19.4. The monoisotopic (exact) mass is 399 g/mol. The van der Waals surface area contributed by atoms with Crippen molar-refractivity contribution in [3.05, 3.63) is 65.5 Å². The second-order valence-electron chi connectivity index (χ2n) is 7.17. The highest BCUT2D eigenvalue weighted by Gasteiger charge is 2.64. The molecule has 1 fully saturated rings. The molecule has 0 spiro atoms. The minimum atomic E-state index is -1.52. The van der Waals surface area contributed by atoms with Crippen LogP contribution in [0.1, 0.15) is 24.1 Å². The Bertz CT molecular complexity index is 931. The quantitative estimate of drug-likeness (QED) is 0.797. The Morgan fingerprint density at radius 2 is 1.93 bits per heavy atom. The number of para-hydroxylation sites is 1. The van der Waals surface area contributed by atoms with Crippen LogP contribution in [-0.4, -0.2) is 32.3 Å². The largest absolute Gasteiger partial charge is 0.493 e. The first-order chi connectivity index (χ1) is 14.0. The van der Waals surface area contributed by atoms with Gasteiger partial charge in [0.15, 0.2) is 5.54 Å². The van der Waals surface area contributed by atoms with Crippen molar-refractivity contribution in [3.8, 4) is 5.75 Å². The van der Waals surface area contributed by atoms with Crippen molar-refractivity contribution < 1.29 is 28.2 Å². The molecule has 4 rings (SSSR count). The van der Waals surface area contributed by atoms with Gasteiger partial charge in [0, 0.05) is 17.5 Å². The Morgan fingerprint density at radius 1 is 1.21 bits per heavy atom. The number of hydrogen-bond acceptors (Lipinski definition) is 6. The van der Waals surface area contributed by atoms with Crippen LogP contribution in [0.3, 0.4) is 0 Å². The van der Waals surface area contributed by atoms with Crippen LogP contribution >= 0.6 is 0 Å². The van der Waals surface area contributed by atoms with E-state index in [2.05, 4.69) is 5.32 Å². The molecular weight excluding hydrogens is 377 g/mol. The molecule has 0 saturated carbocycles. The van der Waals surface area contributed by atoms with Gasteiger partial charge in [0.2, 0.25) is 0 Å². The molecule has 1 saturated heterocycles. The number of halogens is 1. The number of hydrogen-bond donors (Lipinski definition) is 1. The van der Waals surface area contributed by atoms with Crippen LogP contribution < -0.4 is 10.1 Å². The van der Waals surface area contributed by atoms with Crippen molar-refractivity contribution in [2.24, 2.45) is 11.8 Å². The molecule has 4 atom stereocenters. The molecule has 7 heteroatoms. The average molecular weight is 399 g/mol. The summed E-state index contributed by atoms with van der Waals surface area (Å²) in [6, 6.07) is 12.7. The number of ether oxygens (including phenoxy) is 3. The van der Waals surface area contributed by atoms with Gasteiger partial charge < -0.3 is 14.2 Å². The summed E-state index contributed by atoms with van der Waals surface area (Å²) < 4.78 is 30.0. The summed E-state index contributed by atoms with van der Waals surface area (Å²) in [6.07, 6.45) is 0. The topological polar surface area (TPSA) is 73.9 Å². The molecule has 2 aromatic carbocycles. The Hall–Kier alpha value is -2.93.